The molecule has 8 heteroatoms. The Kier molecular flexibility index (Phi) is 4.65. The van der Waals surface area contributed by atoms with Crippen molar-refractivity contribution >= 4 is 5.91 Å². The van der Waals surface area contributed by atoms with E-state index in [1.807, 2.05) is 19.0 Å². The summed E-state index contributed by atoms with van der Waals surface area (Å²) in [5.74, 6) is -0.878. The van der Waals surface area contributed by atoms with Gasteiger partial charge < -0.3 is 19.8 Å². The molecular weight excluding hydrogens is 303 g/mol. The van der Waals surface area contributed by atoms with E-state index in [2.05, 4.69) is 15.5 Å². The monoisotopic (exact) mass is 322 g/mol. The van der Waals surface area contributed by atoms with E-state index in [0.717, 1.165) is 12.1 Å². The number of rotatable bonds is 5. The Morgan fingerprint density at radius 2 is 2.13 bits per heavy atom. The van der Waals surface area contributed by atoms with Gasteiger partial charge in [0.25, 0.3) is 5.91 Å². The predicted octanol–water partition coefficient (Wildman–Crippen LogP) is 1.64. The number of nitrogens with one attached hydrogen (secondary N) is 1. The fraction of sp³-hybridized carbons (Fsp3) is 0.400. The average molecular weight is 322 g/mol. The lowest BCUT2D eigenvalue weighted by Crippen LogP contribution is -2.42. The number of phenolic OH excluding ortho intramolecular Hbond substituents is 1. The summed E-state index contributed by atoms with van der Waals surface area (Å²) in [6.45, 7) is 3.89. The molecular formula is C15H19FN4O3. The molecule has 7 nitrogen and oxygen atoms in total. The molecule has 1 heterocycles. The Labute approximate surface area is 133 Å². The average Bonchev–Trinajstić information content (AvgIpc) is 2.86. The Bertz CT molecular complexity index is 712. The number of nitrogens with zero attached hydrogens (tertiary/aromatic N) is 3. The van der Waals surface area contributed by atoms with Crippen molar-refractivity contribution in [3.8, 4) is 5.75 Å². The molecule has 0 saturated carbocycles. The smallest absolute Gasteiger partial charge is 0.255 e. The molecule has 0 atom stereocenters. The van der Waals surface area contributed by atoms with Crippen LogP contribution in [0.4, 0.5) is 4.39 Å². The highest BCUT2D eigenvalue weighted by Crippen LogP contribution is 2.22. The lowest BCUT2D eigenvalue weighted by Gasteiger charge is -2.22. The molecule has 0 fully saturated rings. The first-order valence-corrected chi connectivity index (χ1v) is 6.98. The molecule has 0 aliphatic carbocycles. The van der Waals surface area contributed by atoms with Crippen LogP contribution in [0.3, 0.4) is 0 Å². The van der Waals surface area contributed by atoms with E-state index >= 15 is 0 Å². The third-order valence-electron chi connectivity index (χ3n) is 3.11. The number of benzene rings is 1. The van der Waals surface area contributed by atoms with Crippen molar-refractivity contribution in [2.75, 3.05) is 14.1 Å². The standard InChI is InChI=1S/C15H19FN4O3/c1-15(2,14-17-12(23-19-14)8-20(3)4)18-13(22)10-6-5-9(16)7-11(10)21/h5-7,21H,8H2,1-4H3,(H,18,22). The van der Waals surface area contributed by atoms with Crippen LogP contribution in [0.5, 0.6) is 5.75 Å². The van der Waals surface area contributed by atoms with E-state index in [-0.39, 0.29) is 5.56 Å². The normalized spacial score (nSPS) is 11.7. The maximum atomic E-state index is 13.0. The number of aromatic hydroxyl groups is 1. The zero-order chi connectivity index (χ0) is 17.2. The van der Waals surface area contributed by atoms with Crippen LogP contribution in [0.15, 0.2) is 22.7 Å². The van der Waals surface area contributed by atoms with Crippen LogP contribution >= 0.6 is 0 Å². The molecule has 2 rings (SSSR count). The molecule has 0 spiro atoms. The van der Waals surface area contributed by atoms with Crippen molar-refractivity contribution < 1.29 is 18.8 Å². The minimum atomic E-state index is -0.925. The summed E-state index contributed by atoms with van der Waals surface area (Å²) >= 11 is 0. The number of hydrogen-bond donors (Lipinski definition) is 2. The molecule has 0 bridgehead atoms. The van der Waals surface area contributed by atoms with Gasteiger partial charge in [-0.1, -0.05) is 5.16 Å². The SMILES string of the molecule is CN(C)Cc1nc(C(C)(C)NC(=O)c2ccc(F)cc2O)no1. The fourth-order valence-electron chi connectivity index (χ4n) is 1.95. The summed E-state index contributed by atoms with van der Waals surface area (Å²) in [5.41, 5.74) is -0.956. The van der Waals surface area contributed by atoms with Gasteiger partial charge in [-0.05, 0) is 40.1 Å². The highest BCUT2D eigenvalue weighted by atomic mass is 19.1. The van der Waals surface area contributed by atoms with Crippen LogP contribution in [-0.4, -0.2) is 40.1 Å². The molecule has 0 aliphatic rings. The van der Waals surface area contributed by atoms with E-state index in [9.17, 15) is 14.3 Å². The summed E-state index contributed by atoms with van der Waals surface area (Å²) in [6.07, 6.45) is 0. The van der Waals surface area contributed by atoms with Gasteiger partial charge in [-0.25, -0.2) is 4.39 Å². The van der Waals surface area contributed by atoms with Crippen LogP contribution in [0.25, 0.3) is 0 Å². The lowest BCUT2D eigenvalue weighted by molar-refractivity contribution is 0.0904. The molecule has 1 amide bonds. The van der Waals surface area contributed by atoms with Crippen molar-refractivity contribution in [3.63, 3.8) is 0 Å². The second-order valence-corrected chi connectivity index (χ2v) is 5.99. The molecule has 2 aromatic rings. The second kappa shape index (κ2) is 6.33. The lowest BCUT2D eigenvalue weighted by atomic mass is 10.0. The second-order valence-electron chi connectivity index (χ2n) is 5.99. The summed E-state index contributed by atoms with van der Waals surface area (Å²) < 4.78 is 18.1. The molecule has 0 aliphatic heterocycles. The van der Waals surface area contributed by atoms with Crippen LogP contribution in [0.2, 0.25) is 0 Å². The van der Waals surface area contributed by atoms with Crippen LogP contribution in [0.1, 0.15) is 35.9 Å². The Morgan fingerprint density at radius 3 is 2.74 bits per heavy atom. The van der Waals surface area contributed by atoms with Gasteiger partial charge in [0.1, 0.15) is 11.6 Å². The Morgan fingerprint density at radius 1 is 1.43 bits per heavy atom. The fourth-order valence-corrected chi connectivity index (χ4v) is 1.95. The third-order valence-corrected chi connectivity index (χ3v) is 3.11. The first kappa shape index (κ1) is 16.9. The molecule has 0 unspecified atom stereocenters. The first-order valence-electron chi connectivity index (χ1n) is 6.98. The Hall–Kier alpha value is -2.48. The van der Waals surface area contributed by atoms with Gasteiger partial charge in [0, 0.05) is 6.07 Å². The van der Waals surface area contributed by atoms with E-state index in [0.29, 0.717) is 18.3 Å². The summed E-state index contributed by atoms with van der Waals surface area (Å²) in [5, 5.41) is 16.2. The number of halogens is 1. The number of carbonyl (C=O) groups is 1. The van der Waals surface area contributed by atoms with E-state index in [1.54, 1.807) is 13.8 Å². The first-order chi connectivity index (χ1) is 10.7. The van der Waals surface area contributed by atoms with E-state index in [1.165, 1.54) is 6.07 Å². The van der Waals surface area contributed by atoms with Gasteiger partial charge in [0.15, 0.2) is 5.82 Å². The number of hydrogen-bond acceptors (Lipinski definition) is 6. The van der Waals surface area contributed by atoms with Crippen LogP contribution in [-0.2, 0) is 12.1 Å². The minimum Gasteiger partial charge on any atom is -0.507 e. The van der Waals surface area contributed by atoms with Gasteiger partial charge in [-0.15, -0.1) is 0 Å². The largest absolute Gasteiger partial charge is 0.507 e. The van der Waals surface area contributed by atoms with Crippen LogP contribution in [0, 0.1) is 5.82 Å². The van der Waals surface area contributed by atoms with E-state index < -0.39 is 23.0 Å². The van der Waals surface area contributed by atoms with Gasteiger partial charge >= 0.3 is 0 Å². The van der Waals surface area contributed by atoms with Crippen LogP contribution < -0.4 is 5.32 Å². The number of amides is 1. The van der Waals surface area contributed by atoms with Gasteiger partial charge in [-0.2, -0.15) is 4.98 Å². The highest BCUT2D eigenvalue weighted by Gasteiger charge is 2.30. The van der Waals surface area contributed by atoms with Crippen molar-refractivity contribution in [2.45, 2.75) is 25.9 Å². The van der Waals surface area contributed by atoms with Crippen molar-refractivity contribution in [1.82, 2.24) is 20.4 Å². The predicted molar refractivity (Wildman–Crippen MR) is 80.2 cm³/mol. The maximum Gasteiger partial charge on any atom is 0.255 e. The molecule has 0 saturated heterocycles. The molecule has 1 aromatic heterocycles. The van der Waals surface area contributed by atoms with Crippen molar-refractivity contribution in [1.29, 1.82) is 0 Å². The molecule has 1 aromatic carbocycles. The third kappa shape index (κ3) is 4.04. The molecule has 124 valence electrons. The van der Waals surface area contributed by atoms with E-state index in [4.69, 9.17) is 4.52 Å². The zero-order valence-electron chi connectivity index (χ0n) is 13.4. The van der Waals surface area contributed by atoms with Crippen molar-refractivity contribution in [2.24, 2.45) is 0 Å². The molecule has 23 heavy (non-hydrogen) atoms. The minimum absolute atomic E-state index is 0.0310. The molecule has 2 N–H and O–H groups in total. The maximum absolute atomic E-state index is 13.0. The van der Waals surface area contributed by atoms with Crippen molar-refractivity contribution in [3.05, 3.63) is 41.3 Å². The summed E-state index contributed by atoms with van der Waals surface area (Å²) in [4.78, 5) is 18.4. The van der Waals surface area contributed by atoms with Gasteiger partial charge in [0.2, 0.25) is 5.89 Å². The number of aromatic nitrogens is 2. The number of carbonyl (C=O) groups excluding carboxylic acids is 1. The summed E-state index contributed by atoms with van der Waals surface area (Å²) in [6, 6.07) is 3.19. The zero-order valence-corrected chi connectivity index (χ0v) is 13.4. The van der Waals surface area contributed by atoms with Gasteiger partial charge in [0.05, 0.1) is 17.6 Å². The Balaban J connectivity index is 2.16. The topological polar surface area (TPSA) is 91.5 Å². The highest BCUT2D eigenvalue weighted by molar-refractivity contribution is 5.97. The number of phenols is 1. The summed E-state index contributed by atoms with van der Waals surface area (Å²) in [7, 11) is 3.74. The quantitative estimate of drug-likeness (QED) is 0.869. The molecule has 0 radical (unpaired) electrons. The van der Waals surface area contributed by atoms with Gasteiger partial charge in [-0.3, -0.25) is 4.79 Å².